The van der Waals surface area contributed by atoms with Gasteiger partial charge in [-0.05, 0) is 37.3 Å². The number of carbonyl (C=O) groups is 1. The van der Waals surface area contributed by atoms with Crippen molar-refractivity contribution in [3.8, 4) is 0 Å². The highest BCUT2D eigenvalue weighted by molar-refractivity contribution is 8.14. The van der Waals surface area contributed by atoms with Crippen molar-refractivity contribution in [2.45, 2.75) is 12.2 Å². The molecule has 1 atom stereocenters. The lowest BCUT2D eigenvalue weighted by molar-refractivity contribution is 0.0994. The van der Waals surface area contributed by atoms with Crippen molar-refractivity contribution in [1.29, 1.82) is 0 Å². The highest BCUT2D eigenvalue weighted by Gasteiger charge is 2.25. The van der Waals surface area contributed by atoms with Crippen LogP contribution in [0.15, 0.2) is 60.1 Å². The smallest absolute Gasteiger partial charge is 0.229 e. The van der Waals surface area contributed by atoms with Gasteiger partial charge in [0, 0.05) is 29.6 Å². The number of Topliss-reactive ketones (excluding diaryl/α,β-unsaturated/α-hetero) is 1. The topological polar surface area (TPSA) is 78.8 Å². The summed E-state index contributed by atoms with van der Waals surface area (Å²) in [5.74, 6) is -0.0588. The number of nitrogens with zero attached hydrogens (tertiary/aromatic N) is 2. The lowest BCUT2D eigenvalue weighted by Crippen LogP contribution is -2.28. The third-order valence-electron chi connectivity index (χ3n) is 4.25. The van der Waals surface area contributed by atoms with Crippen molar-refractivity contribution < 1.29 is 13.2 Å². The van der Waals surface area contributed by atoms with Gasteiger partial charge in [0.2, 0.25) is 10.0 Å². The Kier molecular flexibility index (Phi) is 5.62. The van der Waals surface area contributed by atoms with Crippen molar-refractivity contribution >= 4 is 49.8 Å². The molecule has 1 aliphatic rings. The molecule has 0 radical (unpaired) electrons. The molecule has 0 amide bonds. The number of nitrogens with one attached hydrogen (secondary N) is 1. The first-order valence-corrected chi connectivity index (χ1v) is 11.3. The fourth-order valence-electron chi connectivity index (χ4n) is 2.76. The molecule has 0 saturated carbocycles. The molecule has 1 N–H and O–H groups in total. The van der Waals surface area contributed by atoms with Crippen molar-refractivity contribution in [3.63, 3.8) is 0 Å². The molecule has 28 heavy (non-hydrogen) atoms. The van der Waals surface area contributed by atoms with Gasteiger partial charge in [0.05, 0.1) is 17.2 Å². The summed E-state index contributed by atoms with van der Waals surface area (Å²) in [6.07, 6.45) is 1.08. The highest BCUT2D eigenvalue weighted by Crippen LogP contribution is 2.35. The molecule has 2 aromatic rings. The van der Waals surface area contributed by atoms with Crippen LogP contribution < -0.4 is 4.72 Å². The van der Waals surface area contributed by atoms with Crippen LogP contribution in [0.5, 0.6) is 0 Å². The van der Waals surface area contributed by atoms with Crippen LogP contribution in [0.25, 0.3) is 5.70 Å². The number of benzene rings is 2. The summed E-state index contributed by atoms with van der Waals surface area (Å²) in [7, 11) is -1.47. The maximum absolute atomic E-state index is 12.8. The van der Waals surface area contributed by atoms with Gasteiger partial charge in [-0.1, -0.05) is 36.5 Å². The van der Waals surface area contributed by atoms with Gasteiger partial charge in [-0.15, -0.1) is 0 Å². The minimum absolute atomic E-state index is 0.0588. The fourth-order valence-corrected chi connectivity index (χ4v) is 4.30. The zero-order valence-corrected chi connectivity index (χ0v) is 17.5. The lowest BCUT2D eigenvalue weighted by Gasteiger charge is -2.29. The predicted octanol–water partition coefficient (Wildman–Crippen LogP) is 3.97. The third-order valence-corrected chi connectivity index (χ3v) is 6.00. The van der Waals surface area contributed by atoms with E-state index in [0.29, 0.717) is 16.4 Å². The molecular formula is C20H21N3O3S2. The van der Waals surface area contributed by atoms with Crippen molar-refractivity contribution in [1.82, 2.24) is 4.90 Å². The molecule has 0 saturated heterocycles. The molecule has 8 heteroatoms. The molecule has 6 nitrogen and oxygen atoms in total. The summed E-state index contributed by atoms with van der Waals surface area (Å²) in [6.45, 7) is 5.96. The van der Waals surface area contributed by atoms with Gasteiger partial charge in [0.25, 0.3) is 0 Å². The Bertz CT molecular complexity index is 1060. The lowest BCUT2D eigenvalue weighted by atomic mass is 10.1. The van der Waals surface area contributed by atoms with Crippen LogP contribution in [-0.4, -0.2) is 42.8 Å². The van der Waals surface area contributed by atoms with Crippen molar-refractivity contribution in [3.05, 3.63) is 66.2 Å². The number of fused-ring (bicyclic) bond motifs is 1. The van der Waals surface area contributed by atoms with E-state index in [4.69, 9.17) is 0 Å². The molecule has 0 bridgehead atoms. The van der Waals surface area contributed by atoms with Gasteiger partial charge >= 0.3 is 0 Å². The van der Waals surface area contributed by atoms with Gasteiger partial charge in [-0.2, -0.15) is 0 Å². The van der Waals surface area contributed by atoms with E-state index in [0.717, 1.165) is 23.2 Å². The number of thioether (sulfide) groups is 1. The zero-order valence-electron chi connectivity index (χ0n) is 15.8. The Morgan fingerprint density at radius 1 is 1.18 bits per heavy atom. The summed E-state index contributed by atoms with van der Waals surface area (Å²) < 4.78 is 25.0. The normalized spacial score (nSPS) is 14.9. The monoisotopic (exact) mass is 415 g/mol. The van der Waals surface area contributed by atoms with E-state index in [1.165, 1.54) is 11.8 Å². The van der Waals surface area contributed by atoms with Gasteiger partial charge in [-0.3, -0.25) is 9.52 Å². The average molecular weight is 416 g/mol. The number of hydrogen-bond acceptors (Lipinski definition) is 6. The number of anilines is 1. The first-order valence-electron chi connectivity index (χ1n) is 8.55. The standard InChI is InChI=1S/C20H21N3O3S2/c1-13-17-7-5-6-8-18(17)21-20(23(13)3)27-14(2)19(24)15-9-11-16(12-10-15)22-28(4,25)26/h5-12,14,22H,1H2,2-4H3. The fraction of sp³-hybridized carbons (Fsp3) is 0.200. The zero-order chi connectivity index (χ0) is 20.5. The molecule has 0 fully saturated rings. The minimum Gasteiger partial charge on any atom is -0.324 e. The van der Waals surface area contributed by atoms with Crippen LogP contribution in [0, 0.1) is 0 Å². The maximum Gasteiger partial charge on any atom is 0.229 e. The summed E-state index contributed by atoms with van der Waals surface area (Å²) >= 11 is 1.37. The number of rotatable bonds is 5. The van der Waals surface area contributed by atoms with Crippen LogP contribution in [0.4, 0.5) is 11.4 Å². The van der Waals surface area contributed by atoms with Crippen LogP contribution in [0.1, 0.15) is 22.8 Å². The van der Waals surface area contributed by atoms with E-state index in [-0.39, 0.29) is 11.0 Å². The Morgan fingerprint density at radius 2 is 1.82 bits per heavy atom. The predicted molar refractivity (Wildman–Crippen MR) is 117 cm³/mol. The summed E-state index contributed by atoms with van der Waals surface area (Å²) in [5.41, 5.74) is 3.58. The molecular weight excluding hydrogens is 394 g/mol. The quantitative estimate of drug-likeness (QED) is 0.748. The Labute approximate surface area is 169 Å². The number of hydrogen-bond donors (Lipinski definition) is 1. The Hall–Kier alpha value is -2.58. The van der Waals surface area contributed by atoms with E-state index < -0.39 is 10.0 Å². The third kappa shape index (κ3) is 4.45. The second-order valence-electron chi connectivity index (χ2n) is 6.49. The Morgan fingerprint density at radius 3 is 2.46 bits per heavy atom. The molecule has 2 aromatic carbocycles. The second kappa shape index (κ2) is 7.81. The number of ketones is 1. The van der Waals surface area contributed by atoms with Gasteiger partial charge < -0.3 is 4.90 Å². The molecule has 0 aliphatic carbocycles. The summed E-state index contributed by atoms with van der Waals surface area (Å²) in [5, 5.41) is 0.341. The molecule has 0 spiro atoms. The SMILES string of the molecule is C=C1c2ccccc2N=C(SC(C)C(=O)c2ccc(NS(C)(=O)=O)cc2)N1C. The highest BCUT2D eigenvalue weighted by atomic mass is 32.2. The van der Waals surface area contributed by atoms with Crippen molar-refractivity contribution in [2.24, 2.45) is 4.99 Å². The van der Waals surface area contributed by atoms with E-state index in [1.807, 2.05) is 43.1 Å². The molecule has 3 rings (SSSR count). The van der Waals surface area contributed by atoms with Crippen molar-refractivity contribution in [2.75, 3.05) is 18.0 Å². The number of sulfonamides is 1. The second-order valence-corrected chi connectivity index (χ2v) is 9.55. The molecule has 0 aromatic heterocycles. The molecule has 1 aliphatic heterocycles. The minimum atomic E-state index is -3.35. The van der Waals surface area contributed by atoms with Crippen LogP contribution in [0.2, 0.25) is 0 Å². The number of aliphatic imine (C=N–C) groups is 1. The number of para-hydroxylation sites is 1. The van der Waals surface area contributed by atoms with E-state index in [1.54, 1.807) is 24.3 Å². The maximum atomic E-state index is 12.8. The average Bonchev–Trinajstić information content (AvgIpc) is 2.64. The number of amidine groups is 1. The Balaban J connectivity index is 1.76. The van der Waals surface area contributed by atoms with Gasteiger partial charge in [0.15, 0.2) is 11.0 Å². The summed E-state index contributed by atoms with van der Waals surface area (Å²) in [4.78, 5) is 19.3. The van der Waals surface area contributed by atoms with Crippen LogP contribution in [-0.2, 0) is 10.0 Å². The van der Waals surface area contributed by atoms with Crippen LogP contribution in [0.3, 0.4) is 0 Å². The molecule has 1 heterocycles. The summed E-state index contributed by atoms with van der Waals surface area (Å²) in [6, 6.07) is 14.2. The van der Waals surface area contributed by atoms with Crippen LogP contribution >= 0.6 is 11.8 Å². The van der Waals surface area contributed by atoms with E-state index >= 15 is 0 Å². The first-order chi connectivity index (χ1) is 13.2. The molecule has 1 unspecified atom stereocenters. The largest absolute Gasteiger partial charge is 0.324 e. The molecule has 146 valence electrons. The first kappa shape index (κ1) is 20.2. The number of carbonyl (C=O) groups excluding carboxylic acids is 1. The van der Waals surface area contributed by atoms with E-state index in [9.17, 15) is 13.2 Å². The van der Waals surface area contributed by atoms with Gasteiger partial charge in [-0.25, -0.2) is 13.4 Å². The van der Waals surface area contributed by atoms with E-state index in [2.05, 4.69) is 16.3 Å². The van der Waals surface area contributed by atoms with Gasteiger partial charge in [0.1, 0.15) is 0 Å².